The van der Waals surface area contributed by atoms with Crippen molar-refractivity contribution in [2.75, 3.05) is 26.7 Å². The summed E-state index contributed by atoms with van der Waals surface area (Å²) in [5.41, 5.74) is 2.64. The average molecular weight is 260 g/mol. The van der Waals surface area contributed by atoms with E-state index in [1.807, 2.05) is 0 Å². The predicted octanol–water partition coefficient (Wildman–Crippen LogP) is 2.19. The van der Waals surface area contributed by atoms with Crippen LogP contribution in [0.3, 0.4) is 0 Å². The molecule has 2 heterocycles. The van der Waals surface area contributed by atoms with Crippen molar-refractivity contribution in [3.63, 3.8) is 0 Å². The first-order valence-electron chi connectivity index (χ1n) is 7.35. The van der Waals surface area contributed by atoms with Crippen LogP contribution in [0.15, 0.2) is 18.2 Å². The normalized spacial score (nSPS) is 27.3. The molecule has 3 heteroatoms. The van der Waals surface area contributed by atoms with E-state index in [1.54, 1.807) is 7.11 Å². The van der Waals surface area contributed by atoms with Gasteiger partial charge in [0, 0.05) is 24.7 Å². The number of benzene rings is 1. The third-order valence-corrected chi connectivity index (χ3v) is 4.57. The molecule has 3 rings (SSSR count). The van der Waals surface area contributed by atoms with Gasteiger partial charge in [0.15, 0.2) is 0 Å². The molecule has 0 amide bonds. The lowest BCUT2D eigenvalue weighted by Crippen LogP contribution is -2.43. The Hall–Kier alpha value is -1.06. The van der Waals surface area contributed by atoms with E-state index in [1.165, 1.54) is 43.6 Å². The van der Waals surface area contributed by atoms with E-state index in [4.69, 9.17) is 4.74 Å². The molecule has 0 aliphatic carbocycles. The molecular formula is C16H24N2O. The van der Waals surface area contributed by atoms with Crippen LogP contribution in [0, 0.1) is 12.8 Å². The number of hydrogen-bond acceptors (Lipinski definition) is 3. The molecule has 1 N–H and O–H groups in total. The molecule has 0 saturated carbocycles. The van der Waals surface area contributed by atoms with Crippen LogP contribution in [0.2, 0.25) is 0 Å². The highest BCUT2D eigenvalue weighted by Crippen LogP contribution is 2.28. The molecule has 104 valence electrons. The number of nitrogens with one attached hydrogen (secondary N) is 1. The third kappa shape index (κ3) is 2.77. The van der Waals surface area contributed by atoms with Gasteiger partial charge in [0.05, 0.1) is 7.11 Å². The Morgan fingerprint density at radius 3 is 3.11 bits per heavy atom. The van der Waals surface area contributed by atoms with Gasteiger partial charge in [0.2, 0.25) is 0 Å². The van der Waals surface area contributed by atoms with Crippen LogP contribution in [-0.2, 0) is 6.54 Å². The standard InChI is InChI=1S/C16H24N2O/c1-12-3-4-16(19-2)14(9-12)11-18-8-6-15-13(10-18)5-7-17-15/h3-4,9,13,15,17H,5-8,10-11H2,1-2H3. The molecule has 19 heavy (non-hydrogen) atoms. The van der Waals surface area contributed by atoms with E-state index in [0.29, 0.717) is 0 Å². The van der Waals surface area contributed by atoms with Gasteiger partial charge in [-0.25, -0.2) is 0 Å². The van der Waals surface area contributed by atoms with Crippen molar-refractivity contribution in [3.8, 4) is 5.75 Å². The van der Waals surface area contributed by atoms with Gasteiger partial charge in [0.1, 0.15) is 5.75 Å². The summed E-state index contributed by atoms with van der Waals surface area (Å²) in [4.78, 5) is 2.59. The Labute approximate surface area is 115 Å². The van der Waals surface area contributed by atoms with Gasteiger partial charge in [-0.3, -0.25) is 4.90 Å². The van der Waals surface area contributed by atoms with Gasteiger partial charge in [-0.05, 0) is 44.8 Å². The van der Waals surface area contributed by atoms with Gasteiger partial charge in [0.25, 0.3) is 0 Å². The van der Waals surface area contributed by atoms with Crippen molar-refractivity contribution in [2.24, 2.45) is 5.92 Å². The van der Waals surface area contributed by atoms with Crippen molar-refractivity contribution in [2.45, 2.75) is 32.4 Å². The van der Waals surface area contributed by atoms with Crippen molar-refractivity contribution in [3.05, 3.63) is 29.3 Å². The fourth-order valence-electron chi connectivity index (χ4n) is 3.54. The highest BCUT2D eigenvalue weighted by atomic mass is 16.5. The van der Waals surface area contributed by atoms with Crippen molar-refractivity contribution in [1.29, 1.82) is 0 Å². The zero-order chi connectivity index (χ0) is 13.2. The molecular weight excluding hydrogens is 236 g/mol. The molecule has 2 unspecified atom stereocenters. The van der Waals surface area contributed by atoms with E-state index in [-0.39, 0.29) is 0 Å². The SMILES string of the molecule is COc1ccc(C)cc1CN1CCC2NCCC2C1. The lowest BCUT2D eigenvalue weighted by Gasteiger charge is -2.35. The summed E-state index contributed by atoms with van der Waals surface area (Å²) < 4.78 is 5.49. The highest BCUT2D eigenvalue weighted by molar-refractivity contribution is 5.36. The molecule has 2 saturated heterocycles. The lowest BCUT2D eigenvalue weighted by molar-refractivity contribution is 0.154. The molecule has 1 aromatic carbocycles. The molecule has 2 fully saturated rings. The molecule has 2 atom stereocenters. The fraction of sp³-hybridized carbons (Fsp3) is 0.625. The maximum absolute atomic E-state index is 5.49. The van der Waals surface area contributed by atoms with E-state index < -0.39 is 0 Å². The number of hydrogen-bond donors (Lipinski definition) is 1. The Morgan fingerprint density at radius 1 is 1.37 bits per heavy atom. The lowest BCUT2D eigenvalue weighted by atomic mass is 9.93. The molecule has 2 aliphatic rings. The Bertz CT molecular complexity index is 446. The Balaban J connectivity index is 1.69. The second-order valence-corrected chi connectivity index (χ2v) is 5.95. The number of methoxy groups -OCH3 is 1. The monoisotopic (exact) mass is 260 g/mol. The van der Waals surface area contributed by atoms with E-state index in [9.17, 15) is 0 Å². The largest absolute Gasteiger partial charge is 0.496 e. The van der Waals surface area contributed by atoms with E-state index in [0.717, 1.165) is 24.3 Å². The number of fused-ring (bicyclic) bond motifs is 1. The maximum atomic E-state index is 5.49. The minimum absolute atomic E-state index is 0.774. The van der Waals surface area contributed by atoms with Crippen LogP contribution < -0.4 is 10.1 Å². The summed E-state index contributed by atoms with van der Waals surface area (Å²) in [7, 11) is 1.77. The summed E-state index contributed by atoms with van der Waals surface area (Å²) in [6.45, 7) is 6.81. The molecule has 0 radical (unpaired) electrons. The Morgan fingerprint density at radius 2 is 2.26 bits per heavy atom. The number of nitrogens with zero attached hydrogens (tertiary/aromatic N) is 1. The van der Waals surface area contributed by atoms with Gasteiger partial charge in [-0.15, -0.1) is 0 Å². The zero-order valence-corrected chi connectivity index (χ0v) is 12.0. The first-order chi connectivity index (χ1) is 9.26. The highest BCUT2D eigenvalue weighted by Gasteiger charge is 2.32. The summed E-state index contributed by atoms with van der Waals surface area (Å²) in [5, 5.41) is 3.62. The summed E-state index contributed by atoms with van der Waals surface area (Å²) in [5.74, 6) is 1.88. The van der Waals surface area contributed by atoms with Crippen molar-refractivity contribution < 1.29 is 4.74 Å². The predicted molar refractivity (Wildman–Crippen MR) is 77.5 cm³/mol. The number of aryl methyl sites for hydroxylation is 1. The Kier molecular flexibility index (Phi) is 3.76. The fourth-order valence-corrected chi connectivity index (χ4v) is 3.54. The smallest absolute Gasteiger partial charge is 0.123 e. The second kappa shape index (κ2) is 5.51. The first kappa shape index (κ1) is 12.9. The molecule has 0 aromatic heterocycles. The van der Waals surface area contributed by atoms with Gasteiger partial charge >= 0.3 is 0 Å². The number of rotatable bonds is 3. The summed E-state index contributed by atoms with van der Waals surface area (Å²) in [6.07, 6.45) is 2.63. The average Bonchev–Trinajstić information content (AvgIpc) is 2.86. The van der Waals surface area contributed by atoms with Crippen LogP contribution in [0.1, 0.15) is 24.0 Å². The van der Waals surface area contributed by atoms with Crippen molar-refractivity contribution >= 4 is 0 Å². The van der Waals surface area contributed by atoms with Crippen LogP contribution in [0.4, 0.5) is 0 Å². The topological polar surface area (TPSA) is 24.5 Å². The van der Waals surface area contributed by atoms with E-state index >= 15 is 0 Å². The van der Waals surface area contributed by atoms with Gasteiger partial charge in [-0.1, -0.05) is 17.7 Å². The molecule has 3 nitrogen and oxygen atoms in total. The van der Waals surface area contributed by atoms with Crippen LogP contribution >= 0.6 is 0 Å². The second-order valence-electron chi connectivity index (χ2n) is 5.95. The van der Waals surface area contributed by atoms with Gasteiger partial charge in [-0.2, -0.15) is 0 Å². The van der Waals surface area contributed by atoms with Crippen molar-refractivity contribution in [1.82, 2.24) is 10.2 Å². The third-order valence-electron chi connectivity index (χ3n) is 4.57. The molecule has 0 bridgehead atoms. The minimum atomic E-state index is 0.774. The maximum Gasteiger partial charge on any atom is 0.123 e. The summed E-state index contributed by atoms with van der Waals surface area (Å²) in [6, 6.07) is 7.25. The van der Waals surface area contributed by atoms with Crippen LogP contribution in [0.5, 0.6) is 5.75 Å². The van der Waals surface area contributed by atoms with E-state index in [2.05, 4.69) is 35.3 Å². The zero-order valence-electron chi connectivity index (χ0n) is 12.0. The number of likely N-dealkylation sites (tertiary alicyclic amines) is 1. The number of ether oxygens (including phenoxy) is 1. The minimum Gasteiger partial charge on any atom is -0.496 e. The number of piperidine rings is 1. The first-order valence-corrected chi connectivity index (χ1v) is 7.35. The quantitative estimate of drug-likeness (QED) is 0.901. The molecule has 2 aliphatic heterocycles. The summed E-state index contributed by atoms with van der Waals surface area (Å²) >= 11 is 0. The van der Waals surface area contributed by atoms with Gasteiger partial charge < -0.3 is 10.1 Å². The van der Waals surface area contributed by atoms with Crippen LogP contribution in [-0.4, -0.2) is 37.7 Å². The molecule has 1 aromatic rings. The van der Waals surface area contributed by atoms with Crippen LogP contribution in [0.25, 0.3) is 0 Å². The molecule has 0 spiro atoms.